The van der Waals surface area contributed by atoms with E-state index in [0.29, 0.717) is 39.8 Å². The molecule has 2 N–H and O–H groups in total. The Kier molecular flexibility index (Phi) is 6.99. The number of nitrogens with zero attached hydrogens (tertiary/aromatic N) is 2. The van der Waals surface area contributed by atoms with E-state index in [-0.39, 0.29) is 43.0 Å². The molecule has 214 valence electrons. The molecule has 3 aliphatic rings. The number of carbonyl (C=O) groups excluding carboxylic acids is 2. The van der Waals surface area contributed by atoms with Gasteiger partial charge in [-0.3, -0.25) is 14.5 Å². The van der Waals surface area contributed by atoms with Crippen LogP contribution in [0.5, 0.6) is 5.75 Å². The first-order valence-electron chi connectivity index (χ1n) is 13.8. The molecule has 4 atom stereocenters. The van der Waals surface area contributed by atoms with E-state index in [1.807, 2.05) is 74.6 Å². The highest BCUT2D eigenvalue weighted by atomic mass is 35.5. The molecule has 6 rings (SSSR count). The van der Waals surface area contributed by atoms with Crippen molar-refractivity contribution in [1.82, 2.24) is 0 Å². The molecule has 0 radical (unpaired) electrons. The topological polar surface area (TPSA) is 99.5 Å². The van der Waals surface area contributed by atoms with Gasteiger partial charge in [0.2, 0.25) is 0 Å². The van der Waals surface area contributed by atoms with E-state index in [9.17, 15) is 19.5 Å². The van der Waals surface area contributed by atoms with Crippen molar-refractivity contribution in [2.75, 3.05) is 23.0 Å². The first kappa shape index (κ1) is 27.9. The maximum atomic E-state index is 14.5. The van der Waals surface area contributed by atoms with E-state index in [4.69, 9.17) is 21.1 Å². The van der Waals surface area contributed by atoms with Gasteiger partial charge in [-0.25, -0.2) is 0 Å². The van der Waals surface area contributed by atoms with Crippen LogP contribution in [0, 0.1) is 5.92 Å². The van der Waals surface area contributed by atoms with E-state index in [2.05, 4.69) is 0 Å². The summed E-state index contributed by atoms with van der Waals surface area (Å²) < 4.78 is 12.2. The SMILES string of the molecule is C[C@H]1[C@H]([Si](C)(C)O)[C@@H](CCO)O[C@]12C(=O)N(Cc1cccc(N3C(=O)COc4ccccc43)c1)c1ccc(Cl)cc12. The maximum Gasteiger partial charge on any atom is 0.269 e. The second kappa shape index (κ2) is 10.3. The monoisotopic (exact) mass is 592 g/mol. The normalized spacial score (nSPS) is 25.5. The molecule has 2 amide bonds. The van der Waals surface area contributed by atoms with Crippen molar-refractivity contribution in [3.05, 3.63) is 82.9 Å². The third kappa shape index (κ3) is 4.47. The number of rotatable bonds is 6. The van der Waals surface area contributed by atoms with Gasteiger partial charge in [0.1, 0.15) is 5.75 Å². The highest BCUT2D eigenvalue weighted by Crippen LogP contribution is 2.60. The average molecular weight is 593 g/mol. The second-order valence-electron chi connectivity index (χ2n) is 11.6. The number of aliphatic hydroxyl groups is 1. The van der Waals surface area contributed by atoms with Crippen molar-refractivity contribution in [2.24, 2.45) is 5.92 Å². The molecular weight excluding hydrogens is 560 g/mol. The Bertz CT molecular complexity index is 1530. The van der Waals surface area contributed by atoms with E-state index in [1.54, 1.807) is 21.9 Å². The fourth-order valence-electron chi connectivity index (χ4n) is 6.97. The minimum Gasteiger partial charge on any atom is -0.482 e. The summed E-state index contributed by atoms with van der Waals surface area (Å²) in [5.74, 6) is -0.102. The maximum absolute atomic E-state index is 14.5. The summed E-state index contributed by atoms with van der Waals surface area (Å²) in [5.41, 5.74) is 1.97. The Balaban J connectivity index is 1.39. The third-order valence-corrected chi connectivity index (χ3v) is 11.3. The Hall–Kier alpha value is -3.21. The van der Waals surface area contributed by atoms with Crippen LogP contribution in [0.25, 0.3) is 0 Å². The number of anilines is 3. The standard InChI is InChI=1S/C31H33ClN2O6Si/c1-19-29(41(2,3)38)27(13-14-35)40-31(19)23-16-21(32)11-12-24(23)33(30(31)37)17-20-7-6-8-22(15-20)34-25-9-4-5-10-26(25)39-18-28(34)36/h4-12,15-16,19,27,29,35,38H,13-14,17-18H2,1-3H3/t19-,27+,29-,31+/m0/s1. The van der Waals surface area contributed by atoms with E-state index in [0.717, 1.165) is 5.56 Å². The summed E-state index contributed by atoms with van der Waals surface area (Å²) in [7, 11) is -2.79. The molecule has 0 aliphatic carbocycles. The average Bonchev–Trinajstić information content (AvgIpc) is 3.35. The smallest absolute Gasteiger partial charge is 0.269 e. The van der Waals surface area contributed by atoms with Crippen LogP contribution >= 0.6 is 11.6 Å². The van der Waals surface area contributed by atoms with Crippen LogP contribution in [0.2, 0.25) is 23.7 Å². The molecule has 1 spiro atoms. The zero-order valence-electron chi connectivity index (χ0n) is 23.2. The van der Waals surface area contributed by atoms with Crippen LogP contribution in [0.15, 0.2) is 66.7 Å². The molecule has 0 saturated carbocycles. The molecule has 10 heteroatoms. The van der Waals surface area contributed by atoms with Gasteiger partial charge in [0.15, 0.2) is 20.5 Å². The van der Waals surface area contributed by atoms with Gasteiger partial charge in [-0.15, -0.1) is 0 Å². The molecule has 0 unspecified atom stereocenters. The van der Waals surface area contributed by atoms with Crippen LogP contribution in [0.3, 0.4) is 0 Å². The second-order valence-corrected chi connectivity index (χ2v) is 16.0. The molecule has 41 heavy (non-hydrogen) atoms. The molecule has 3 aromatic rings. The van der Waals surface area contributed by atoms with Gasteiger partial charge in [0.25, 0.3) is 11.8 Å². The van der Waals surface area contributed by atoms with Crippen molar-refractivity contribution in [3.63, 3.8) is 0 Å². The molecule has 1 fully saturated rings. The number of hydrogen-bond donors (Lipinski definition) is 2. The molecule has 8 nitrogen and oxygen atoms in total. The molecule has 3 aromatic carbocycles. The van der Waals surface area contributed by atoms with Crippen LogP contribution in [-0.4, -0.2) is 49.4 Å². The first-order valence-corrected chi connectivity index (χ1v) is 17.2. The molecular formula is C31H33ClN2O6Si. The minimum absolute atomic E-state index is 0.0571. The van der Waals surface area contributed by atoms with Crippen LogP contribution in [-0.2, 0) is 26.5 Å². The Morgan fingerprint density at radius 1 is 1.05 bits per heavy atom. The number of carbonyl (C=O) groups is 2. The van der Waals surface area contributed by atoms with Crippen molar-refractivity contribution in [1.29, 1.82) is 0 Å². The molecule has 3 heterocycles. The number of hydrogen-bond acceptors (Lipinski definition) is 6. The Labute approximate surface area is 245 Å². The number of aliphatic hydroxyl groups excluding tert-OH is 1. The third-order valence-electron chi connectivity index (χ3n) is 8.58. The number of para-hydroxylation sites is 2. The molecule has 0 bridgehead atoms. The predicted octanol–water partition coefficient (Wildman–Crippen LogP) is 5.12. The fourth-order valence-corrected chi connectivity index (χ4v) is 9.74. The van der Waals surface area contributed by atoms with E-state index >= 15 is 0 Å². The first-order chi connectivity index (χ1) is 19.6. The lowest BCUT2D eigenvalue weighted by Gasteiger charge is -2.32. The Morgan fingerprint density at radius 2 is 1.83 bits per heavy atom. The molecule has 1 saturated heterocycles. The van der Waals surface area contributed by atoms with Crippen molar-refractivity contribution in [2.45, 2.75) is 50.2 Å². The summed E-state index contributed by atoms with van der Waals surface area (Å²) in [6.45, 7) is 5.75. The number of fused-ring (bicyclic) bond motifs is 3. The summed E-state index contributed by atoms with van der Waals surface area (Å²) in [6, 6.07) is 20.4. The van der Waals surface area contributed by atoms with E-state index in [1.165, 1.54) is 0 Å². The zero-order chi connectivity index (χ0) is 29.1. The van der Waals surface area contributed by atoms with Gasteiger partial charge >= 0.3 is 0 Å². The quantitative estimate of drug-likeness (QED) is 0.385. The van der Waals surface area contributed by atoms with E-state index < -0.39 is 20.0 Å². The number of amides is 2. The van der Waals surface area contributed by atoms with Crippen LogP contribution in [0.4, 0.5) is 17.1 Å². The largest absolute Gasteiger partial charge is 0.482 e. The molecule has 0 aromatic heterocycles. The summed E-state index contributed by atoms with van der Waals surface area (Å²) in [4.78, 5) is 42.0. The summed E-state index contributed by atoms with van der Waals surface area (Å²) in [5, 5.41) is 10.3. The van der Waals surface area contributed by atoms with Crippen molar-refractivity contribution >= 4 is 48.8 Å². The lowest BCUT2D eigenvalue weighted by atomic mass is 9.82. The van der Waals surface area contributed by atoms with Gasteiger partial charge in [-0.05, 0) is 67.5 Å². The van der Waals surface area contributed by atoms with Crippen molar-refractivity contribution < 1.29 is 29.0 Å². The number of benzene rings is 3. The predicted molar refractivity (Wildman–Crippen MR) is 159 cm³/mol. The van der Waals surface area contributed by atoms with Gasteiger partial charge in [0.05, 0.1) is 24.0 Å². The lowest BCUT2D eigenvalue weighted by molar-refractivity contribution is -0.146. The summed E-state index contributed by atoms with van der Waals surface area (Å²) >= 11 is 6.46. The highest BCUT2D eigenvalue weighted by molar-refractivity contribution is 6.71. The zero-order valence-corrected chi connectivity index (χ0v) is 25.0. The van der Waals surface area contributed by atoms with Gasteiger partial charge in [0, 0.05) is 34.3 Å². The van der Waals surface area contributed by atoms with Gasteiger partial charge < -0.3 is 24.3 Å². The lowest BCUT2D eigenvalue weighted by Crippen LogP contribution is -2.46. The van der Waals surface area contributed by atoms with Crippen molar-refractivity contribution in [3.8, 4) is 5.75 Å². The van der Waals surface area contributed by atoms with Gasteiger partial charge in [-0.1, -0.05) is 42.8 Å². The highest BCUT2D eigenvalue weighted by Gasteiger charge is 2.66. The number of halogens is 1. The Morgan fingerprint density at radius 3 is 2.59 bits per heavy atom. The van der Waals surface area contributed by atoms with Crippen LogP contribution < -0.4 is 14.5 Å². The van der Waals surface area contributed by atoms with Crippen LogP contribution in [0.1, 0.15) is 24.5 Å². The van der Waals surface area contributed by atoms with Gasteiger partial charge in [-0.2, -0.15) is 0 Å². The number of ether oxygens (including phenoxy) is 2. The summed E-state index contributed by atoms with van der Waals surface area (Å²) in [6.07, 6.45) is -0.137. The minimum atomic E-state index is -2.79. The molecule has 3 aliphatic heterocycles. The fraction of sp³-hybridized carbons (Fsp3) is 0.355.